The number of nitrogens with zero attached hydrogens (tertiary/aromatic N) is 2. The van der Waals surface area contributed by atoms with Crippen molar-refractivity contribution in [1.29, 1.82) is 0 Å². The van der Waals surface area contributed by atoms with Crippen LogP contribution in [0.3, 0.4) is 0 Å². The summed E-state index contributed by atoms with van der Waals surface area (Å²) in [6.45, 7) is 10.2. The highest BCUT2D eigenvalue weighted by Gasteiger charge is 2.39. The molecule has 8 nitrogen and oxygen atoms in total. The fourth-order valence-corrected chi connectivity index (χ4v) is 5.66. The summed E-state index contributed by atoms with van der Waals surface area (Å²) in [4.78, 5) is 31.6. The molecule has 0 aromatic heterocycles. The van der Waals surface area contributed by atoms with Gasteiger partial charge >= 0.3 is 0 Å². The molecular formula is C33H47N3O5. The topological polar surface area (TPSA) is 80.3 Å². The third-order valence-corrected chi connectivity index (χ3v) is 8.33. The van der Waals surface area contributed by atoms with E-state index in [4.69, 9.17) is 14.2 Å². The third kappa shape index (κ3) is 8.01. The summed E-state index contributed by atoms with van der Waals surface area (Å²) in [5, 5.41) is 3.54. The Bertz CT molecular complexity index is 1140. The summed E-state index contributed by atoms with van der Waals surface area (Å²) < 4.78 is 16.5. The molecule has 2 fully saturated rings. The average molecular weight is 566 g/mol. The Balaban J connectivity index is 1.45. The Morgan fingerprint density at radius 1 is 0.927 bits per heavy atom. The first-order chi connectivity index (χ1) is 19.8. The molecule has 2 aromatic carbocycles. The number of hydrogen-bond donors (Lipinski definition) is 1. The Morgan fingerprint density at radius 2 is 1.63 bits per heavy atom. The third-order valence-electron chi connectivity index (χ3n) is 8.33. The molecule has 224 valence electrons. The first-order valence-electron chi connectivity index (χ1n) is 15.0. The maximum atomic E-state index is 13.8. The van der Waals surface area contributed by atoms with Gasteiger partial charge in [-0.2, -0.15) is 0 Å². The molecule has 2 aromatic rings. The molecule has 1 aliphatic carbocycles. The molecule has 3 atom stereocenters. The van der Waals surface area contributed by atoms with Crippen molar-refractivity contribution in [1.82, 2.24) is 15.1 Å². The van der Waals surface area contributed by atoms with Crippen molar-refractivity contribution < 1.29 is 23.8 Å². The van der Waals surface area contributed by atoms with E-state index in [1.807, 2.05) is 42.2 Å². The zero-order chi connectivity index (χ0) is 29.4. The fraction of sp³-hybridized carbons (Fsp3) is 0.576. The molecule has 1 saturated heterocycles. The molecular weight excluding hydrogens is 518 g/mol. The van der Waals surface area contributed by atoms with E-state index in [1.54, 1.807) is 32.4 Å². The van der Waals surface area contributed by atoms with Gasteiger partial charge in [-0.3, -0.25) is 9.59 Å². The second-order valence-corrected chi connectivity index (χ2v) is 11.6. The standard InChI is InChI=1S/C33H47N3O5/c1-23(2)35(33(38)26-12-15-30(40-5)31(18-26)41-17-9-16-39-4)21-27-19-34-20-28(27)22-36(29-13-14-29)32(37)24(3)25-10-7-6-8-11-25/h6-8,10-12,15,18,23-24,27-29,34H,9,13-14,16-17,19-22H2,1-5H3/t24-,27?,28?/m1/s1. The van der Waals surface area contributed by atoms with Crippen LogP contribution in [0.25, 0.3) is 0 Å². The summed E-state index contributed by atoms with van der Waals surface area (Å²) in [6, 6.07) is 15.8. The number of rotatable bonds is 15. The van der Waals surface area contributed by atoms with Gasteiger partial charge in [0.25, 0.3) is 5.91 Å². The van der Waals surface area contributed by atoms with Gasteiger partial charge in [0.05, 0.1) is 19.6 Å². The molecule has 0 radical (unpaired) electrons. The van der Waals surface area contributed by atoms with Crippen LogP contribution in [-0.4, -0.2) is 87.3 Å². The Morgan fingerprint density at radius 3 is 2.27 bits per heavy atom. The molecule has 41 heavy (non-hydrogen) atoms. The summed E-state index contributed by atoms with van der Waals surface area (Å²) >= 11 is 0. The Labute approximate surface area is 245 Å². The number of amides is 2. The number of ether oxygens (including phenoxy) is 3. The van der Waals surface area contributed by atoms with Crippen LogP contribution in [0.15, 0.2) is 48.5 Å². The van der Waals surface area contributed by atoms with Gasteiger partial charge < -0.3 is 29.3 Å². The van der Waals surface area contributed by atoms with Crippen molar-refractivity contribution in [2.45, 2.75) is 58.0 Å². The van der Waals surface area contributed by atoms with Crippen molar-refractivity contribution in [2.24, 2.45) is 11.8 Å². The van der Waals surface area contributed by atoms with Crippen LogP contribution in [0.1, 0.15) is 61.9 Å². The molecule has 1 N–H and O–H groups in total. The fourth-order valence-electron chi connectivity index (χ4n) is 5.66. The normalized spacial score (nSPS) is 19.2. The van der Waals surface area contributed by atoms with E-state index in [2.05, 4.69) is 24.1 Å². The maximum absolute atomic E-state index is 13.8. The van der Waals surface area contributed by atoms with Gasteiger partial charge in [-0.15, -0.1) is 0 Å². The second-order valence-electron chi connectivity index (χ2n) is 11.6. The maximum Gasteiger partial charge on any atom is 0.254 e. The molecule has 2 aliphatic rings. The van der Waals surface area contributed by atoms with Gasteiger partial charge in [-0.25, -0.2) is 0 Å². The van der Waals surface area contributed by atoms with Crippen LogP contribution >= 0.6 is 0 Å². The van der Waals surface area contributed by atoms with E-state index in [0.29, 0.717) is 42.9 Å². The quantitative estimate of drug-likeness (QED) is 0.318. The number of hydrogen-bond acceptors (Lipinski definition) is 6. The highest BCUT2D eigenvalue weighted by molar-refractivity contribution is 5.95. The van der Waals surface area contributed by atoms with E-state index in [1.165, 1.54) is 0 Å². The molecule has 1 heterocycles. The zero-order valence-electron chi connectivity index (χ0n) is 25.3. The molecule has 2 amide bonds. The minimum Gasteiger partial charge on any atom is -0.493 e. The van der Waals surface area contributed by atoms with Gasteiger partial charge in [0.2, 0.25) is 5.91 Å². The van der Waals surface area contributed by atoms with Crippen molar-refractivity contribution >= 4 is 11.8 Å². The van der Waals surface area contributed by atoms with Crippen LogP contribution in [0.2, 0.25) is 0 Å². The Kier molecular flexibility index (Phi) is 11.1. The van der Waals surface area contributed by atoms with Crippen LogP contribution in [-0.2, 0) is 9.53 Å². The Hall–Kier alpha value is -3.10. The molecule has 2 unspecified atom stereocenters. The largest absolute Gasteiger partial charge is 0.493 e. The highest BCUT2D eigenvalue weighted by Crippen LogP contribution is 2.34. The summed E-state index contributed by atoms with van der Waals surface area (Å²) in [5.41, 5.74) is 1.64. The van der Waals surface area contributed by atoms with Crippen LogP contribution in [0, 0.1) is 11.8 Å². The van der Waals surface area contributed by atoms with Crippen LogP contribution in [0.5, 0.6) is 11.5 Å². The van der Waals surface area contributed by atoms with Gasteiger partial charge in [0.15, 0.2) is 11.5 Å². The van der Waals surface area contributed by atoms with Crippen molar-refractivity contribution in [3.8, 4) is 11.5 Å². The second kappa shape index (κ2) is 14.7. The van der Waals surface area contributed by atoms with E-state index >= 15 is 0 Å². The predicted octanol–water partition coefficient (Wildman–Crippen LogP) is 4.59. The lowest BCUT2D eigenvalue weighted by Crippen LogP contribution is -2.45. The lowest BCUT2D eigenvalue weighted by Gasteiger charge is -2.34. The van der Waals surface area contributed by atoms with Gasteiger partial charge in [0.1, 0.15) is 0 Å². The summed E-state index contributed by atoms with van der Waals surface area (Å²) in [5.74, 6) is 1.71. The van der Waals surface area contributed by atoms with Gasteiger partial charge in [-0.1, -0.05) is 30.3 Å². The van der Waals surface area contributed by atoms with E-state index < -0.39 is 0 Å². The van der Waals surface area contributed by atoms with Crippen LogP contribution in [0.4, 0.5) is 0 Å². The molecule has 1 aliphatic heterocycles. The molecule has 0 bridgehead atoms. The molecule has 0 spiro atoms. The number of carbonyl (C=O) groups is 2. The number of carbonyl (C=O) groups excluding carboxylic acids is 2. The van der Waals surface area contributed by atoms with E-state index in [-0.39, 0.29) is 35.6 Å². The van der Waals surface area contributed by atoms with Crippen molar-refractivity contribution in [3.05, 3.63) is 59.7 Å². The SMILES string of the molecule is COCCCOc1cc(C(=O)N(CC2CNCC2CN(C(=O)[C@H](C)c2ccccc2)C2CC2)C(C)C)ccc1OC. The molecule has 8 heteroatoms. The smallest absolute Gasteiger partial charge is 0.254 e. The van der Waals surface area contributed by atoms with E-state index in [9.17, 15) is 9.59 Å². The van der Waals surface area contributed by atoms with Gasteiger partial charge in [-0.05, 0) is 69.2 Å². The number of nitrogens with one attached hydrogen (secondary N) is 1. The lowest BCUT2D eigenvalue weighted by molar-refractivity contribution is -0.133. The monoisotopic (exact) mass is 565 g/mol. The molecule has 4 rings (SSSR count). The van der Waals surface area contributed by atoms with E-state index in [0.717, 1.165) is 44.5 Å². The summed E-state index contributed by atoms with van der Waals surface area (Å²) in [6.07, 6.45) is 2.89. The first kappa shape index (κ1) is 30.8. The van der Waals surface area contributed by atoms with Crippen LogP contribution < -0.4 is 14.8 Å². The first-order valence-corrected chi connectivity index (χ1v) is 15.0. The zero-order valence-corrected chi connectivity index (χ0v) is 25.3. The minimum atomic E-state index is -0.167. The minimum absolute atomic E-state index is 0.0243. The summed E-state index contributed by atoms with van der Waals surface area (Å²) in [7, 11) is 3.26. The lowest BCUT2D eigenvalue weighted by atomic mass is 9.92. The van der Waals surface area contributed by atoms with Crippen molar-refractivity contribution in [2.75, 3.05) is 53.6 Å². The van der Waals surface area contributed by atoms with Crippen molar-refractivity contribution in [3.63, 3.8) is 0 Å². The number of methoxy groups -OCH3 is 2. The van der Waals surface area contributed by atoms with Gasteiger partial charge in [0, 0.05) is 64.0 Å². The highest BCUT2D eigenvalue weighted by atomic mass is 16.5. The molecule has 1 saturated carbocycles. The number of benzene rings is 2. The predicted molar refractivity (Wildman–Crippen MR) is 161 cm³/mol. The average Bonchev–Trinajstić information content (AvgIpc) is 3.74.